The van der Waals surface area contributed by atoms with Gasteiger partial charge in [-0.2, -0.15) is 5.10 Å². The molecule has 7 nitrogen and oxygen atoms in total. The molecule has 0 saturated carbocycles. The summed E-state index contributed by atoms with van der Waals surface area (Å²) in [6.45, 7) is 5.27. The fraction of sp³-hybridized carbons (Fsp3) is 0.444. The van der Waals surface area contributed by atoms with Crippen molar-refractivity contribution in [3.8, 4) is 0 Å². The molecule has 0 atom stereocenters. The monoisotopic (exact) mass is 287 g/mol. The Morgan fingerprint density at radius 3 is 2.50 bits per heavy atom. The van der Waals surface area contributed by atoms with E-state index < -0.39 is 10.0 Å². The quantitative estimate of drug-likeness (QED) is 0.860. The molecular weight excluding hydrogens is 274 g/mol. The van der Waals surface area contributed by atoms with E-state index in [0.29, 0.717) is 16.4 Å². The summed E-state index contributed by atoms with van der Waals surface area (Å²) < 4.78 is 26.7. The molecule has 0 spiro atoms. The molecule has 0 amide bonds. The second-order valence-corrected chi connectivity index (χ2v) is 6.77. The van der Waals surface area contributed by atoms with Crippen LogP contribution in [0.3, 0.4) is 0 Å². The first-order valence-electron chi connectivity index (χ1n) is 5.20. The van der Waals surface area contributed by atoms with Gasteiger partial charge in [0.2, 0.25) is 10.0 Å². The average Bonchev–Trinajstić information content (AvgIpc) is 2.83. The van der Waals surface area contributed by atoms with Crippen LogP contribution in [0.5, 0.6) is 0 Å². The lowest BCUT2D eigenvalue weighted by molar-refractivity contribution is 0.579. The Balaban J connectivity index is 2.18. The van der Waals surface area contributed by atoms with Gasteiger partial charge in [0.1, 0.15) is 14.9 Å². The number of H-pyrrole nitrogens is 1. The highest BCUT2D eigenvalue weighted by molar-refractivity contribution is 7.89. The lowest BCUT2D eigenvalue weighted by Gasteiger charge is -2.04. The summed E-state index contributed by atoms with van der Waals surface area (Å²) in [5, 5.41) is 15.7. The van der Waals surface area contributed by atoms with Crippen molar-refractivity contribution in [2.75, 3.05) is 0 Å². The average molecular weight is 287 g/mol. The minimum absolute atomic E-state index is 0.137. The predicted molar refractivity (Wildman–Crippen MR) is 66.7 cm³/mol. The number of hydrogen-bond donors (Lipinski definition) is 2. The highest BCUT2D eigenvalue weighted by atomic mass is 32.2. The second kappa shape index (κ2) is 4.75. The van der Waals surface area contributed by atoms with Crippen LogP contribution >= 0.6 is 11.3 Å². The van der Waals surface area contributed by atoms with Crippen LogP contribution in [-0.4, -0.2) is 28.8 Å². The third-order valence-electron chi connectivity index (χ3n) is 2.31. The van der Waals surface area contributed by atoms with E-state index in [1.54, 1.807) is 13.8 Å². The van der Waals surface area contributed by atoms with Crippen LogP contribution in [0.4, 0.5) is 0 Å². The van der Waals surface area contributed by atoms with Crippen LogP contribution in [0, 0.1) is 20.8 Å². The molecule has 9 heteroatoms. The summed E-state index contributed by atoms with van der Waals surface area (Å²) in [5.74, 6) is 0. The molecular formula is C9H13N5O2S2. The highest BCUT2D eigenvalue weighted by Crippen LogP contribution is 2.17. The smallest absolute Gasteiger partial charge is 0.244 e. The molecule has 0 saturated heterocycles. The molecule has 0 bridgehead atoms. The van der Waals surface area contributed by atoms with Gasteiger partial charge in [-0.3, -0.25) is 5.10 Å². The zero-order valence-electron chi connectivity index (χ0n) is 10.2. The molecule has 18 heavy (non-hydrogen) atoms. The first kappa shape index (κ1) is 13.1. The van der Waals surface area contributed by atoms with Crippen molar-refractivity contribution in [1.82, 2.24) is 25.1 Å². The van der Waals surface area contributed by atoms with E-state index in [0.717, 1.165) is 5.01 Å². The molecule has 2 rings (SSSR count). The van der Waals surface area contributed by atoms with Crippen molar-refractivity contribution in [3.63, 3.8) is 0 Å². The molecule has 2 N–H and O–H groups in total. The van der Waals surface area contributed by atoms with E-state index in [1.807, 2.05) is 6.92 Å². The van der Waals surface area contributed by atoms with Gasteiger partial charge < -0.3 is 0 Å². The van der Waals surface area contributed by atoms with Crippen molar-refractivity contribution in [3.05, 3.63) is 21.4 Å². The number of aryl methyl sites for hydroxylation is 3. The minimum atomic E-state index is -3.57. The van der Waals surface area contributed by atoms with E-state index in [1.165, 1.54) is 11.3 Å². The summed E-state index contributed by atoms with van der Waals surface area (Å²) in [5.41, 5.74) is 0.974. The number of nitrogens with zero attached hydrogens (tertiary/aromatic N) is 3. The van der Waals surface area contributed by atoms with Gasteiger partial charge in [-0.15, -0.1) is 21.5 Å². The normalized spacial score (nSPS) is 11.9. The molecule has 2 aromatic rings. The maximum atomic E-state index is 12.1. The van der Waals surface area contributed by atoms with Gasteiger partial charge in [0, 0.05) is 0 Å². The molecule has 98 valence electrons. The third-order valence-corrected chi connectivity index (χ3v) is 4.81. The number of sulfonamides is 1. The zero-order valence-corrected chi connectivity index (χ0v) is 11.8. The van der Waals surface area contributed by atoms with Crippen LogP contribution < -0.4 is 4.72 Å². The van der Waals surface area contributed by atoms with Gasteiger partial charge >= 0.3 is 0 Å². The summed E-state index contributed by atoms with van der Waals surface area (Å²) in [4.78, 5) is 0.198. The third kappa shape index (κ3) is 2.57. The lowest BCUT2D eigenvalue weighted by atomic mass is 10.4. The zero-order chi connectivity index (χ0) is 13.3. The summed E-state index contributed by atoms with van der Waals surface area (Å²) in [7, 11) is -3.57. The Morgan fingerprint density at radius 2 is 2.00 bits per heavy atom. The Kier molecular flexibility index (Phi) is 3.46. The molecule has 0 unspecified atom stereocenters. The summed E-state index contributed by atoms with van der Waals surface area (Å²) >= 11 is 1.36. The van der Waals surface area contributed by atoms with E-state index in [9.17, 15) is 8.42 Å². The molecule has 0 aliphatic heterocycles. The van der Waals surface area contributed by atoms with Gasteiger partial charge in [-0.05, 0) is 20.8 Å². The van der Waals surface area contributed by atoms with Crippen LogP contribution in [0.1, 0.15) is 21.4 Å². The molecule has 2 heterocycles. The predicted octanol–water partition coefficient (Wildman–Crippen LogP) is 0.665. The minimum Gasteiger partial charge on any atom is -0.281 e. The van der Waals surface area contributed by atoms with E-state index in [4.69, 9.17) is 0 Å². The number of aromatic nitrogens is 4. The van der Waals surface area contributed by atoms with Crippen molar-refractivity contribution >= 4 is 21.4 Å². The Labute approximate surface area is 109 Å². The molecule has 2 aromatic heterocycles. The lowest BCUT2D eigenvalue weighted by Crippen LogP contribution is -2.24. The van der Waals surface area contributed by atoms with Crippen molar-refractivity contribution < 1.29 is 8.42 Å². The number of rotatable bonds is 4. The van der Waals surface area contributed by atoms with Gasteiger partial charge in [0.15, 0.2) is 0 Å². The molecule has 0 radical (unpaired) electrons. The van der Waals surface area contributed by atoms with E-state index in [-0.39, 0.29) is 11.4 Å². The fourth-order valence-electron chi connectivity index (χ4n) is 1.57. The topological polar surface area (TPSA) is 101 Å². The van der Waals surface area contributed by atoms with Crippen molar-refractivity contribution in [1.29, 1.82) is 0 Å². The molecule has 0 aromatic carbocycles. The Hall–Kier alpha value is -1.32. The van der Waals surface area contributed by atoms with Crippen LogP contribution in [0.25, 0.3) is 0 Å². The first-order valence-corrected chi connectivity index (χ1v) is 7.50. The van der Waals surface area contributed by atoms with Crippen molar-refractivity contribution in [2.24, 2.45) is 0 Å². The van der Waals surface area contributed by atoms with Crippen molar-refractivity contribution in [2.45, 2.75) is 32.2 Å². The Morgan fingerprint density at radius 1 is 1.28 bits per heavy atom. The molecule has 0 fully saturated rings. The number of hydrogen-bond acceptors (Lipinski definition) is 6. The van der Waals surface area contributed by atoms with Gasteiger partial charge in [0.25, 0.3) is 0 Å². The Bertz CT molecular complexity index is 639. The standard InChI is InChI=1S/C9H13N5O2S2/c1-5-9(6(2)12-11-5)18(15,16)10-4-8-14-13-7(3)17-8/h10H,4H2,1-3H3,(H,11,12). The summed E-state index contributed by atoms with van der Waals surface area (Å²) in [6.07, 6.45) is 0. The van der Waals surface area contributed by atoms with Gasteiger partial charge in [0.05, 0.1) is 17.9 Å². The highest BCUT2D eigenvalue weighted by Gasteiger charge is 2.22. The maximum Gasteiger partial charge on any atom is 0.244 e. The first-order chi connectivity index (χ1) is 8.40. The second-order valence-electron chi connectivity index (χ2n) is 3.80. The SMILES string of the molecule is Cc1nnc(CNS(=O)(=O)c2c(C)n[nH]c2C)s1. The van der Waals surface area contributed by atoms with Crippen LogP contribution in [0.2, 0.25) is 0 Å². The van der Waals surface area contributed by atoms with E-state index in [2.05, 4.69) is 25.1 Å². The van der Waals surface area contributed by atoms with Crippen LogP contribution in [0.15, 0.2) is 4.90 Å². The van der Waals surface area contributed by atoms with Gasteiger partial charge in [-0.25, -0.2) is 13.1 Å². The molecule has 0 aliphatic carbocycles. The van der Waals surface area contributed by atoms with Gasteiger partial charge in [-0.1, -0.05) is 0 Å². The largest absolute Gasteiger partial charge is 0.281 e. The maximum absolute atomic E-state index is 12.1. The fourth-order valence-corrected chi connectivity index (χ4v) is 3.67. The van der Waals surface area contributed by atoms with E-state index >= 15 is 0 Å². The molecule has 0 aliphatic rings. The van der Waals surface area contributed by atoms with Crippen LogP contribution in [-0.2, 0) is 16.6 Å². The number of nitrogens with one attached hydrogen (secondary N) is 2. The number of aromatic amines is 1. The summed E-state index contributed by atoms with van der Waals surface area (Å²) in [6, 6.07) is 0.